The van der Waals surface area contributed by atoms with Gasteiger partial charge in [0.15, 0.2) is 10.4 Å². The Kier molecular flexibility index (Phi) is 3.09. The van der Waals surface area contributed by atoms with E-state index in [0.717, 1.165) is 28.1 Å². The highest BCUT2D eigenvalue weighted by Crippen LogP contribution is 2.18. The van der Waals surface area contributed by atoms with Gasteiger partial charge in [0, 0.05) is 11.4 Å². The Morgan fingerprint density at radius 2 is 2.00 bits per heavy atom. The average Bonchev–Trinajstić information content (AvgIpc) is 2.76. The quantitative estimate of drug-likeness (QED) is 0.731. The molecule has 1 N–H and O–H groups in total. The zero-order chi connectivity index (χ0) is 14.1. The minimum atomic E-state index is 0.414. The Morgan fingerprint density at radius 1 is 1.25 bits per heavy atom. The van der Waals surface area contributed by atoms with Gasteiger partial charge < -0.3 is 4.98 Å². The molecule has 0 spiro atoms. The van der Waals surface area contributed by atoms with E-state index in [1.807, 2.05) is 47.9 Å². The molecule has 2 aromatic heterocycles. The molecule has 0 unspecified atom stereocenters. The summed E-state index contributed by atoms with van der Waals surface area (Å²) in [6.07, 6.45) is 0.414. The van der Waals surface area contributed by atoms with E-state index in [2.05, 4.69) is 16.0 Å². The van der Waals surface area contributed by atoms with Crippen molar-refractivity contribution in [2.24, 2.45) is 0 Å². The number of nitrogens with zero attached hydrogens (tertiary/aromatic N) is 3. The van der Waals surface area contributed by atoms with Gasteiger partial charge >= 0.3 is 0 Å². The number of rotatable bonds is 2. The summed E-state index contributed by atoms with van der Waals surface area (Å²) in [6.45, 7) is 1.95. The van der Waals surface area contributed by atoms with Crippen molar-refractivity contribution in [2.45, 2.75) is 13.3 Å². The van der Waals surface area contributed by atoms with Gasteiger partial charge in [-0.15, -0.1) is 0 Å². The van der Waals surface area contributed by atoms with Gasteiger partial charge in [-0.2, -0.15) is 5.26 Å². The maximum absolute atomic E-state index is 8.70. The van der Waals surface area contributed by atoms with Crippen LogP contribution in [0.4, 0.5) is 0 Å². The molecule has 0 aliphatic heterocycles. The van der Waals surface area contributed by atoms with Crippen LogP contribution in [0.5, 0.6) is 0 Å². The van der Waals surface area contributed by atoms with Crippen molar-refractivity contribution < 1.29 is 0 Å². The van der Waals surface area contributed by atoms with Crippen molar-refractivity contribution >= 4 is 23.4 Å². The number of benzene rings is 1. The molecule has 4 nitrogen and oxygen atoms in total. The molecule has 0 radical (unpaired) electrons. The first-order chi connectivity index (χ1) is 9.69. The number of aryl methyl sites for hydroxylation is 1. The van der Waals surface area contributed by atoms with Crippen molar-refractivity contribution in [3.8, 4) is 11.8 Å². The second-order valence-electron chi connectivity index (χ2n) is 4.59. The highest BCUT2D eigenvalue weighted by molar-refractivity contribution is 7.71. The molecule has 2 heterocycles. The van der Waals surface area contributed by atoms with Crippen molar-refractivity contribution in [1.29, 1.82) is 5.26 Å². The molecule has 20 heavy (non-hydrogen) atoms. The van der Waals surface area contributed by atoms with Crippen LogP contribution >= 0.6 is 12.2 Å². The number of H-pyrrole nitrogens is 1. The summed E-state index contributed by atoms with van der Waals surface area (Å²) >= 11 is 5.38. The van der Waals surface area contributed by atoms with E-state index in [0.29, 0.717) is 11.2 Å². The van der Waals surface area contributed by atoms with Crippen molar-refractivity contribution in [1.82, 2.24) is 14.5 Å². The standard InChI is InChI=1S/C15H12N4S/c1-10-2-7-13-14(17-10)19(15(20)18-13)12-5-3-11(4-6-12)8-9-16/h2-7H,8H2,1H3,(H,18,20). The van der Waals surface area contributed by atoms with Crippen LogP contribution in [0.15, 0.2) is 36.4 Å². The number of imidazole rings is 1. The topological polar surface area (TPSA) is 57.4 Å². The maximum Gasteiger partial charge on any atom is 0.183 e. The molecule has 0 amide bonds. The zero-order valence-corrected chi connectivity index (χ0v) is 11.7. The number of aromatic amines is 1. The molecule has 0 bridgehead atoms. The van der Waals surface area contributed by atoms with Crippen LogP contribution in [-0.4, -0.2) is 14.5 Å². The SMILES string of the molecule is Cc1ccc2[nH]c(=S)n(-c3ccc(CC#N)cc3)c2n1. The number of hydrogen-bond acceptors (Lipinski definition) is 3. The molecule has 3 rings (SSSR count). The van der Waals surface area contributed by atoms with E-state index < -0.39 is 0 Å². The van der Waals surface area contributed by atoms with E-state index >= 15 is 0 Å². The second kappa shape index (κ2) is 4.91. The van der Waals surface area contributed by atoms with E-state index in [1.54, 1.807) is 0 Å². The van der Waals surface area contributed by atoms with Crippen LogP contribution in [0.25, 0.3) is 16.9 Å². The lowest BCUT2D eigenvalue weighted by molar-refractivity contribution is 1.03. The van der Waals surface area contributed by atoms with Gasteiger partial charge in [-0.05, 0) is 49.0 Å². The summed E-state index contributed by atoms with van der Waals surface area (Å²) in [5.41, 5.74) is 4.62. The summed E-state index contributed by atoms with van der Waals surface area (Å²) < 4.78 is 2.53. The summed E-state index contributed by atoms with van der Waals surface area (Å²) in [7, 11) is 0. The van der Waals surface area contributed by atoms with E-state index in [9.17, 15) is 0 Å². The normalized spacial score (nSPS) is 10.6. The fraction of sp³-hybridized carbons (Fsp3) is 0.133. The summed E-state index contributed by atoms with van der Waals surface area (Å²) in [5.74, 6) is 0. The van der Waals surface area contributed by atoms with Gasteiger partial charge in [-0.1, -0.05) is 12.1 Å². The van der Waals surface area contributed by atoms with Crippen LogP contribution in [0.1, 0.15) is 11.3 Å². The van der Waals surface area contributed by atoms with Crippen molar-refractivity contribution in [2.75, 3.05) is 0 Å². The molecule has 0 saturated carbocycles. The monoisotopic (exact) mass is 280 g/mol. The molecule has 0 saturated heterocycles. The van der Waals surface area contributed by atoms with Gasteiger partial charge in [0.05, 0.1) is 18.0 Å². The van der Waals surface area contributed by atoms with Gasteiger partial charge in [-0.25, -0.2) is 4.98 Å². The third kappa shape index (κ3) is 2.10. The molecule has 1 aromatic carbocycles. The van der Waals surface area contributed by atoms with Gasteiger partial charge in [0.25, 0.3) is 0 Å². The van der Waals surface area contributed by atoms with E-state index in [1.165, 1.54) is 0 Å². The number of aromatic nitrogens is 3. The van der Waals surface area contributed by atoms with Crippen LogP contribution < -0.4 is 0 Å². The lowest BCUT2D eigenvalue weighted by Crippen LogP contribution is -1.96. The van der Waals surface area contributed by atoms with Gasteiger partial charge in [0.1, 0.15) is 0 Å². The first-order valence-electron chi connectivity index (χ1n) is 6.23. The smallest absolute Gasteiger partial charge is 0.183 e. The van der Waals surface area contributed by atoms with Crippen molar-refractivity contribution in [3.63, 3.8) is 0 Å². The average molecular weight is 280 g/mol. The van der Waals surface area contributed by atoms with Gasteiger partial charge in [-0.3, -0.25) is 4.57 Å². The van der Waals surface area contributed by atoms with Crippen LogP contribution in [0, 0.1) is 23.0 Å². The Bertz CT molecular complexity index is 866. The molecular formula is C15H12N4S. The Labute approximate surface area is 121 Å². The molecule has 3 aromatic rings. The number of pyridine rings is 1. The van der Waals surface area contributed by atoms with Crippen LogP contribution in [-0.2, 0) is 6.42 Å². The molecule has 0 aliphatic carbocycles. The molecule has 0 aliphatic rings. The minimum absolute atomic E-state index is 0.414. The predicted molar refractivity (Wildman–Crippen MR) is 80.3 cm³/mol. The lowest BCUT2D eigenvalue weighted by atomic mass is 10.1. The van der Waals surface area contributed by atoms with Crippen LogP contribution in [0.3, 0.4) is 0 Å². The van der Waals surface area contributed by atoms with E-state index in [-0.39, 0.29) is 0 Å². The molecule has 5 heteroatoms. The first kappa shape index (κ1) is 12.6. The van der Waals surface area contributed by atoms with Gasteiger partial charge in [0.2, 0.25) is 0 Å². The number of nitrogens with one attached hydrogen (secondary N) is 1. The Balaban J connectivity index is 2.18. The number of nitriles is 1. The van der Waals surface area contributed by atoms with E-state index in [4.69, 9.17) is 17.5 Å². The second-order valence-corrected chi connectivity index (χ2v) is 4.98. The predicted octanol–water partition coefficient (Wildman–Crippen LogP) is 3.46. The third-order valence-electron chi connectivity index (χ3n) is 3.15. The Morgan fingerprint density at radius 3 is 2.70 bits per heavy atom. The lowest BCUT2D eigenvalue weighted by Gasteiger charge is -2.05. The fourth-order valence-corrected chi connectivity index (χ4v) is 2.47. The minimum Gasteiger partial charge on any atom is -0.329 e. The maximum atomic E-state index is 8.70. The van der Waals surface area contributed by atoms with Crippen LogP contribution in [0.2, 0.25) is 0 Å². The highest BCUT2D eigenvalue weighted by Gasteiger charge is 2.08. The molecule has 0 atom stereocenters. The molecule has 0 fully saturated rings. The van der Waals surface area contributed by atoms with Crippen molar-refractivity contribution in [3.05, 3.63) is 52.4 Å². The molecule has 98 valence electrons. The summed E-state index contributed by atoms with van der Waals surface area (Å²) in [6, 6.07) is 13.9. The highest BCUT2D eigenvalue weighted by atomic mass is 32.1. The Hall–Kier alpha value is -2.45. The zero-order valence-electron chi connectivity index (χ0n) is 10.9. The molecular weight excluding hydrogens is 268 g/mol. The summed E-state index contributed by atoms with van der Waals surface area (Å²) in [5, 5.41) is 8.70. The number of fused-ring (bicyclic) bond motifs is 1. The fourth-order valence-electron chi connectivity index (χ4n) is 2.17. The third-order valence-corrected chi connectivity index (χ3v) is 3.43. The summed E-state index contributed by atoms with van der Waals surface area (Å²) in [4.78, 5) is 7.70. The number of hydrogen-bond donors (Lipinski definition) is 1. The largest absolute Gasteiger partial charge is 0.329 e. The first-order valence-corrected chi connectivity index (χ1v) is 6.64.